The molecule has 0 heterocycles. The number of sulfonamides is 1. The van der Waals surface area contributed by atoms with E-state index in [1.54, 1.807) is 13.0 Å². The van der Waals surface area contributed by atoms with E-state index in [0.29, 0.717) is 0 Å². The van der Waals surface area contributed by atoms with E-state index in [0.717, 1.165) is 20.6 Å². The average molecular weight is 528 g/mol. The first-order valence-electron chi connectivity index (χ1n) is 10.0. The van der Waals surface area contributed by atoms with Crippen molar-refractivity contribution in [3.8, 4) is 0 Å². The van der Waals surface area contributed by atoms with E-state index >= 15 is 0 Å². The number of hydrogen-bond donors (Lipinski definition) is 1. The molecule has 2 rings (SSSR count). The first-order chi connectivity index (χ1) is 15.0. The summed E-state index contributed by atoms with van der Waals surface area (Å²) in [4.78, 5) is 26.7. The van der Waals surface area contributed by atoms with Crippen LogP contribution in [0.2, 0.25) is 0 Å². The Bertz CT molecular complexity index is 1050. The van der Waals surface area contributed by atoms with E-state index in [-0.39, 0.29) is 43.4 Å². The molecule has 0 aliphatic carbocycles. The quantitative estimate of drug-likeness (QED) is 0.513. The van der Waals surface area contributed by atoms with Gasteiger partial charge in [-0.25, -0.2) is 12.8 Å². The number of amides is 2. The molecule has 2 amide bonds. The number of likely N-dealkylation sites (N-methyl/N-ethyl adjacent to an activating group) is 1. The fourth-order valence-corrected chi connectivity index (χ4v) is 4.44. The predicted octanol–water partition coefficient (Wildman–Crippen LogP) is 3.30. The number of nitrogens with zero attached hydrogens (tertiary/aromatic N) is 2. The van der Waals surface area contributed by atoms with Gasteiger partial charge in [-0.3, -0.25) is 13.9 Å². The molecule has 2 aromatic carbocycles. The molecule has 174 valence electrons. The number of anilines is 1. The van der Waals surface area contributed by atoms with Gasteiger partial charge in [0.05, 0.1) is 11.9 Å². The fourth-order valence-electron chi connectivity index (χ4n) is 3.21. The summed E-state index contributed by atoms with van der Waals surface area (Å²) >= 11 is 3.37. The van der Waals surface area contributed by atoms with Crippen LogP contribution in [0.3, 0.4) is 0 Å². The van der Waals surface area contributed by atoms with Crippen LogP contribution in [0, 0.1) is 5.82 Å². The van der Waals surface area contributed by atoms with Crippen LogP contribution in [-0.2, 0) is 26.2 Å². The van der Waals surface area contributed by atoms with Crippen LogP contribution >= 0.6 is 15.9 Å². The van der Waals surface area contributed by atoms with Crippen molar-refractivity contribution in [2.24, 2.45) is 0 Å². The normalized spacial score (nSPS) is 12.2. The Morgan fingerprint density at radius 1 is 1.12 bits per heavy atom. The van der Waals surface area contributed by atoms with Crippen LogP contribution in [0.25, 0.3) is 0 Å². The molecule has 1 N–H and O–H groups in total. The summed E-state index contributed by atoms with van der Waals surface area (Å²) in [5.74, 6) is -1.26. The average Bonchev–Trinajstić information content (AvgIpc) is 2.75. The van der Waals surface area contributed by atoms with Crippen molar-refractivity contribution in [3.63, 3.8) is 0 Å². The van der Waals surface area contributed by atoms with Gasteiger partial charge in [0.25, 0.3) is 0 Å². The van der Waals surface area contributed by atoms with Gasteiger partial charge in [-0.15, -0.1) is 0 Å². The standard InChI is InChI=1S/C22H27BrFN3O4S/c1-16(22(29)25-2)26(15-17-10-12-18(23)13-11-17)21(28)9-6-14-27(32(3,30)31)20-8-5-4-7-19(20)24/h4-5,7-8,10-13,16H,6,9,14-15H2,1-3H3,(H,25,29)/t16-/m0/s1. The molecule has 1 atom stereocenters. The maximum Gasteiger partial charge on any atom is 0.242 e. The number of carbonyl (C=O) groups excluding carboxylic acids is 2. The molecule has 0 spiro atoms. The maximum absolute atomic E-state index is 14.2. The van der Waals surface area contributed by atoms with Gasteiger partial charge in [0.2, 0.25) is 21.8 Å². The van der Waals surface area contributed by atoms with E-state index in [2.05, 4.69) is 21.2 Å². The minimum absolute atomic E-state index is 0.00165. The molecule has 0 aliphatic heterocycles. The maximum atomic E-state index is 14.2. The minimum atomic E-state index is -3.75. The summed E-state index contributed by atoms with van der Waals surface area (Å²) in [7, 11) is -2.25. The second-order valence-corrected chi connectivity index (χ2v) is 10.2. The van der Waals surface area contributed by atoms with Gasteiger partial charge in [0, 0.05) is 31.0 Å². The van der Waals surface area contributed by atoms with Crippen molar-refractivity contribution in [2.45, 2.75) is 32.4 Å². The summed E-state index contributed by atoms with van der Waals surface area (Å²) in [5, 5.41) is 2.55. The zero-order valence-corrected chi connectivity index (χ0v) is 20.6. The Morgan fingerprint density at radius 2 is 1.75 bits per heavy atom. The van der Waals surface area contributed by atoms with E-state index in [1.807, 2.05) is 24.3 Å². The van der Waals surface area contributed by atoms with Gasteiger partial charge in [0.1, 0.15) is 11.9 Å². The second-order valence-electron chi connectivity index (χ2n) is 7.33. The van der Waals surface area contributed by atoms with Crippen molar-refractivity contribution in [1.29, 1.82) is 0 Å². The molecule has 0 fully saturated rings. The molecule has 0 radical (unpaired) electrons. The zero-order valence-electron chi connectivity index (χ0n) is 18.2. The summed E-state index contributed by atoms with van der Waals surface area (Å²) in [6.07, 6.45) is 1.16. The monoisotopic (exact) mass is 527 g/mol. The van der Waals surface area contributed by atoms with Crippen LogP contribution < -0.4 is 9.62 Å². The van der Waals surface area contributed by atoms with Crippen LogP contribution in [0.1, 0.15) is 25.3 Å². The SMILES string of the molecule is CNC(=O)[C@H](C)N(Cc1ccc(Br)cc1)C(=O)CCCN(c1ccccc1F)S(C)(=O)=O. The topological polar surface area (TPSA) is 86.8 Å². The van der Waals surface area contributed by atoms with Gasteiger partial charge in [-0.2, -0.15) is 0 Å². The van der Waals surface area contributed by atoms with Crippen LogP contribution in [0.5, 0.6) is 0 Å². The van der Waals surface area contributed by atoms with Crippen molar-refractivity contribution in [3.05, 3.63) is 64.4 Å². The van der Waals surface area contributed by atoms with Crippen molar-refractivity contribution in [2.75, 3.05) is 24.2 Å². The molecular formula is C22H27BrFN3O4S. The molecule has 0 unspecified atom stereocenters. The Morgan fingerprint density at radius 3 is 2.31 bits per heavy atom. The summed E-state index contributed by atoms with van der Waals surface area (Å²) in [5.41, 5.74) is 0.786. The summed E-state index contributed by atoms with van der Waals surface area (Å²) in [6, 6.07) is 12.3. The second kappa shape index (κ2) is 11.4. The highest BCUT2D eigenvalue weighted by molar-refractivity contribution is 9.10. The Kier molecular flexibility index (Phi) is 9.21. The molecule has 0 bridgehead atoms. The number of hydrogen-bond acceptors (Lipinski definition) is 4. The smallest absolute Gasteiger partial charge is 0.242 e. The van der Waals surface area contributed by atoms with E-state index in [4.69, 9.17) is 0 Å². The molecule has 7 nitrogen and oxygen atoms in total. The molecule has 0 saturated carbocycles. The Balaban J connectivity index is 2.14. The largest absolute Gasteiger partial charge is 0.357 e. The molecule has 0 aromatic heterocycles. The van der Waals surface area contributed by atoms with Crippen LogP contribution in [0.4, 0.5) is 10.1 Å². The number of rotatable bonds is 10. The number of para-hydroxylation sites is 1. The first kappa shape index (κ1) is 25.8. The van der Waals surface area contributed by atoms with Crippen molar-refractivity contribution >= 4 is 43.5 Å². The van der Waals surface area contributed by atoms with Crippen LogP contribution in [0.15, 0.2) is 53.0 Å². The fraction of sp³-hybridized carbons (Fsp3) is 0.364. The lowest BCUT2D eigenvalue weighted by Gasteiger charge is -2.29. The lowest BCUT2D eigenvalue weighted by atomic mass is 10.1. The molecule has 0 saturated heterocycles. The van der Waals surface area contributed by atoms with Crippen molar-refractivity contribution in [1.82, 2.24) is 10.2 Å². The van der Waals surface area contributed by atoms with Gasteiger partial charge >= 0.3 is 0 Å². The summed E-state index contributed by atoms with van der Waals surface area (Å²) in [6.45, 7) is 1.80. The van der Waals surface area contributed by atoms with Gasteiger partial charge in [-0.05, 0) is 43.2 Å². The van der Waals surface area contributed by atoms with Crippen molar-refractivity contribution < 1.29 is 22.4 Å². The molecular weight excluding hydrogens is 501 g/mol. The molecule has 2 aromatic rings. The predicted molar refractivity (Wildman–Crippen MR) is 126 cm³/mol. The highest BCUT2D eigenvalue weighted by Crippen LogP contribution is 2.22. The molecule has 0 aliphatic rings. The number of carbonyl (C=O) groups is 2. The Hall–Kier alpha value is -2.46. The zero-order chi connectivity index (χ0) is 23.9. The van der Waals surface area contributed by atoms with E-state index in [1.165, 1.54) is 30.1 Å². The lowest BCUT2D eigenvalue weighted by Crippen LogP contribution is -2.46. The van der Waals surface area contributed by atoms with Gasteiger partial charge in [-0.1, -0.05) is 40.2 Å². The van der Waals surface area contributed by atoms with Gasteiger partial charge in [0.15, 0.2) is 0 Å². The lowest BCUT2D eigenvalue weighted by molar-refractivity contribution is -0.140. The van der Waals surface area contributed by atoms with E-state index in [9.17, 15) is 22.4 Å². The van der Waals surface area contributed by atoms with E-state index < -0.39 is 21.9 Å². The Labute approximate surface area is 196 Å². The third kappa shape index (κ3) is 7.03. The number of nitrogens with one attached hydrogen (secondary N) is 1. The molecule has 10 heteroatoms. The minimum Gasteiger partial charge on any atom is -0.357 e. The third-order valence-electron chi connectivity index (χ3n) is 4.95. The first-order valence-corrected chi connectivity index (χ1v) is 12.7. The highest BCUT2D eigenvalue weighted by Gasteiger charge is 2.26. The molecule has 32 heavy (non-hydrogen) atoms. The van der Waals surface area contributed by atoms with Gasteiger partial charge < -0.3 is 10.2 Å². The summed E-state index contributed by atoms with van der Waals surface area (Å²) < 4.78 is 40.4. The third-order valence-corrected chi connectivity index (χ3v) is 6.66. The van der Waals surface area contributed by atoms with Crippen LogP contribution in [-0.4, -0.2) is 51.0 Å². The highest BCUT2D eigenvalue weighted by atomic mass is 79.9. The number of benzene rings is 2. The number of halogens is 2.